The topological polar surface area (TPSA) is 59.2 Å². The monoisotopic (exact) mass is 369 g/mol. The van der Waals surface area contributed by atoms with Crippen LogP contribution in [0.2, 0.25) is 0 Å². The van der Waals surface area contributed by atoms with Gasteiger partial charge in [-0.1, -0.05) is 37.8 Å². The van der Waals surface area contributed by atoms with E-state index in [1.165, 1.54) is 57.1 Å². The van der Waals surface area contributed by atoms with E-state index >= 15 is 0 Å². The number of nitrogens with zero attached hydrogens (tertiary/aromatic N) is 2. The van der Waals surface area contributed by atoms with Crippen molar-refractivity contribution in [2.24, 2.45) is 5.73 Å². The van der Waals surface area contributed by atoms with Gasteiger partial charge in [0.1, 0.15) is 5.01 Å². The minimum atomic E-state index is -0.389. The highest BCUT2D eigenvalue weighted by atomic mass is 32.1. The molecule has 0 saturated heterocycles. The Morgan fingerprint density at radius 1 is 1.04 bits per heavy atom. The van der Waals surface area contributed by atoms with E-state index in [2.05, 4.69) is 10.3 Å². The Kier molecular flexibility index (Phi) is 5.36. The molecular formula is C21H27N3OS. The fourth-order valence-corrected chi connectivity index (χ4v) is 5.32. The Morgan fingerprint density at radius 3 is 2.15 bits per heavy atom. The molecule has 2 N–H and O–H groups in total. The standard InChI is InChI=1S/C21H27N3OS/c22-20(25)15-9-11-16(12-10-15)21-23-17(14-26-21)13-24(18-5-1-2-6-18)19-7-3-4-8-19/h9-12,14,18-19H,1-8,13H2,(H2,22,25). The zero-order chi connectivity index (χ0) is 17.9. The van der Waals surface area contributed by atoms with Crippen LogP contribution in [0.15, 0.2) is 29.6 Å². The number of hydrogen-bond donors (Lipinski definition) is 1. The summed E-state index contributed by atoms with van der Waals surface area (Å²) in [6.07, 6.45) is 10.9. The summed E-state index contributed by atoms with van der Waals surface area (Å²) in [7, 11) is 0. The molecular weight excluding hydrogens is 342 g/mol. The summed E-state index contributed by atoms with van der Waals surface area (Å²) in [6.45, 7) is 0.977. The average molecular weight is 370 g/mol. The highest BCUT2D eigenvalue weighted by Gasteiger charge is 2.31. The van der Waals surface area contributed by atoms with Gasteiger partial charge in [0.25, 0.3) is 0 Å². The summed E-state index contributed by atoms with van der Waals surface area (Å²) >= 11 is 1.69. The van der Waals surface area contributed by atoms with E-state index < -0.39 is 0 Å². The third kappa shape index (κ3) is 3.84. The quantitative estimate of drug-likeness (QED) is 0.810. The van der Waals surface area contributed by atoms with Gasteiger partial charge in [0, 0.05) is 35.1 Å². The minimum absolute atomic E-state index is 0.389. The number of amides is 1. The lowest BCUT2D eigenvalue weighted by molar-refractivity contribution is 0.100. The lowest BCUT2D eigenvalue weighted by Gasteiger charge is -2.33. The van der Waals surface area contributed by atoms with Crippen molar-refractivity contribution in [3.05, 3.63) is 40.9 Å². The van der Waals surface area contributed by atoms with E-state index in [0.29, 0.717) is 5.56 Å². The third-order valence-electron chi connectivity index (χ3n) is 5.90. The van der Waals surface area contributed by atoms with Crippen LogP contribution in [0.3, 0.4) is 0 Å². The van der Waals surface area contributed by atoms with Gasteiger partial charge in [0.15, 0.2) is 0 Å². The van der Waals surface area contributed by atoms with Gasteiger partial charge in [-0.15, -0.1) is 11.3 Å². The highest BCUT2D eigenvalue weighted by Crippen LogP contribution is 2.33. The number of nitrogens with two attached hydrogens (primary N) is 1. The highest BCUT2D eigenvalue weighted by molar-refractivity contribution is 7.13. The number of carbonyl (C=O) groups excluding carboxylic acids is 1. The maximum Gasteiger partial charge on any atom is 0.248 e. The number of carbonyl (C=O) groups is 1. The van der Waals surface area contributed by atoms with Crippen molar-refractivity contribution >= 4 is 17.2 Å². The maximum absolute atomic E-state index is 11.2. The number of primary amides is 1. The molecule has 26 heavy (non-hydrogen) atoms. The van der Waals surface area contributed by atoms with Crippen molar-refractivity contribution in [1.29, 1.82) is 0 Å². The Morgan fingerprint density at radius 2 is 1.62 bits per heavy atom. The van der Waals surface area contributed by atoms with E-state index in [4.69, 9.17) is 10.7 Å². The Hall–Kier alpha value is -1.72. The van der Waals surface area contributed by atoms with Crippen molar-refractivity contribution in [3.63, 3.8) is 0 Å². The molecule has 4 rings (SSSR count). The predicted octanol–water partition coefficient (Wildman–Crippen LogP) is 4.60. The molecule has 0 aliphatic heterocycles. The van der Waals surface area contributed by atoms with Gasteiger partial charge >= 0.3 is 0 Å². The van der Waals surface area contributed by atoms with E-state index in [1.807, 2.05) is 12.1 Å². The van der Waals surface area contributed by atoms with Crippen LogP contribution in [0.4, 0.5) is 0 Å². The van der Waals surface area contributed by atoms with Crippen LogP contribution < -0.4 is 5.73 Å². The number of benzene rings is 1. The van der Waals surface area contributed by atoms with Crippen LogP contribution in [0.5, 0.6) is 0 Å². The first-order valence-corrected chi connectivity index (χ1v) is 10.7. The van der Waals surface area contributed by atoms with Crippen molar-refractivity contribution in [2.75, 3.05) is 0 Å². The fraction of sp³-hybridized carbons (Fsp3) is 0.524. The van der Waals surface area contributed by atoms with Crippen LogP contribution in [0.1, 0.15) is 67.4 Å². The van der Waals surface area contributed by atoms with Crippen LogP contribution in [0, 0.1) is 0 Å². The molecule has 2 aromatic rings. The second kappa shape index (κ2) is 7.89. The summed E-state index contributed by atoms with van der Waals surface area (Å²) < 4.78 is 0. The Labute approximate surface area is 159 Å². The fourth-order valence-electron chi connectivity index (χ4n) is 4.50. The van der Waals surface area contributed by atoms with Crippen LogP contribution >= 0.6 is 11.3 Å². The molecule has 1 heterocycles. The number of hydrogen-bond acceptors (Lipinski definition) is 4. The molecule has 1 aromatic heterocycles. The lowest BCUT2D eigenvalue weighted by Crippen LogP contribution is -2.40. The van der Waals surface area contributed by atoms with Crippen molar-refractivity contribution in [2.45, 2.75) is 70.0 Å². The number of thiazole rings is 1. The summed E-state index contributed by atoms with van der Waals surface area (Å²) in [5.41, 5.74) is 8.10. The zero-order valence-corrected chi connectivity index (χ0v) is 16.0. The normalized spacial score (nSPS) is 18.8. The molecule has 1 aromatic carbocycles. The number of rotatable bonds is 6. The molecule has 2 saturated carbocycles. The van der Waals surface area contributed by atoms with E-state index in [-0.39, 0.29) is 5.91 Å². The van der Waals surface area contributed by atoms with Gasteiger partial charge in [-0.3, -0.25) is 9.69 Å². The van der Waals surface area contributed by atoms with Gasteiger partial charge in [-0.2, -0.15) is 0 Å². The Bertz CT molecular complexity index is 727. The molecule has 2 fully saturated rings. The van der Waals surface area contributed by atoms with Crippen molar-refractivity contribution in [1.82, 2.24) is 9.88 Å². The zero-order valence-electron chi connectivity index (χ0n) is 15.2. The molecule has 1 amide bonds. The molecule has 0 spiro atoms. The SMILES string of the molecule is NC(=O)c1ccc(-c2nc(CN(C3CCCC3)C3CCCC3)cs2)cc1. The summed E-state index contributed by atoms with van der Waals surface area (Å²) in [5, 5.41) is 3.22. The first kappa shape index (κ1) is 17.7. The van der Waals surface area contributed by atoms with Gasteiger partial charge < -0.3 is 5.73 Å². The van der Waals surface area contributed by atoms with Crippen molar-refractivity contribution in [3.8, 4) is 10.6 Å². The Balaban J connectivity index is 1.49. The molecule has 2 aliphatic carbocycles. The molecule has 0 radical (unpaired) electrons. The van der Waals surface area contributed by atoms with Gasteiger partial charge in [0.2, 0.25) is 5.91 Å². The third-order valence-corrected chi connectivity index (χ3v) is 6.84. The van der Waals surface area contributed by atoms with Gasteiger partial charge in [-0.25, -0.2) is 4.98 Å². The summed E-state index contributed by atoms with van der Waals surface area (Å²) in [4.78, 5) is 18.9. The van der Waals surface area contributed by atoms with Gasteiger partial charge in [0.05, 0.1) is 5.69 Å². The van der Waals surface area contributed by atoms with Crippen LogP contribution in [0.25, 0.3) is 10.6 Å². The first-order chi connectivity index (χ1) is 12.7. The second-order valence-electron chi connectivity index (χ2n) is 7.63. The van der Waals surface area contributed by atoms with Crippen LogP contribution in [-0.4, -0.2) is 27.9 Å². The second-order valence-corrected chi connectivity index (χ2v) is 8.49. The molecule has 0 unspecified atom stereocenters. The average Bonchev–Trinajstić information content (AvgIpc) is 3.42. The summed E-state index contributed by atoms with van der Waals surface area (Å²) in [6, 6.07) is 8.93. The smallest absolute Gasteiger partial charge is 0.248 e. The molecule has 2 aliphatic rings. The maximum atomic E-state index is 11.2. The summed E-state index contributed by atoms with van der Waals surface area (Å²) in [5.74, 6) is -0.389. The molecule has 0 atom stereocenters. The number of aromatic nitrogens is 1. The lowest BCUT2D eigenvalue weighted by atomic mass is 10.1. The van der Waals surface area contributed by atoms with Crippen LogP contribution in [-0.2, 0) is 6.54 Å². The van der Waals surface area contributed by atoms with Crippen molar-refractivity contribution < 1.29 is 4.79 Å². The predicted molar refractivity (Wildman–Crippen MR) is 106 cm³/mol. The van der Waals surface area contributed by atoms with E-state index in [1.54, 1.807) is 23.5 Å². The van der Waals surface area contributed by atoms with Gasteiger partial charge in [-0.05, 0) is 37.8 Å². The van der Waals surface area contributed by atoms with E-state index in [9.17, 15) is 4.79 Å². The largest absolute Gasteiger partial charge is 0.366 e. The minimum Gasteiger partial charge on any atom is -0.366 e. The molecule has 138 valence electrons. The molecule has 5 heteroatoms. The van der Waals surface area contributed by atoms with E-state index in [0.717, 1.165) is 29.2 Å². The molecule has 0 bridgehead atoms. The molecule has 4 nitrogen and oxygen atoms in total. The first-order valence-electron chi connectivity index (χ1n) is 9.81.